The van der Waals surface area contributed by atoms with Gasteiger partial charge in [-0.1, -0.05) is 5.16 Å². The lowest BCUT2D eigenvalue weighted by atomic mass is 10.1. The second kappa shape index (κ2) is 4.93. The van der Waals surface area contributed by atoms with E-state index in [1.54, 1.807) is 12.5 Å². The van der Waals surface area contributed by atoms with Crippen molar-refractivity contribution < 1.29 is 9.26 Å². The molecule has 102 valence electrons. The van der Waals surface area contributed by atoms with E-state index in [9.17, 15) is 0 Å². The Bertz CT molecular complexity index is 750. The maximum atomic E-state index is 5.59. The Kier molecular flexibility index (Phi) is 3.11. The van der Waals surface area contributed by atoms with Gasteiger partial charge >= 0.3 is 0 Å². The van der Waals surface area contributed by atoms with Gasteiger partial charge < -0.3 is 15.0 Å². The normalized spacial score (nSPS) is 10.7. The molecule has 0 unspecified atom stereocenters. The summed E-state index contributed by atoms with van der Waals surface area (Å²) in [6.45, 7) is 1.96. The molecule has 0 atom stereocenters. The van der Waals surface area contributed by atoms with Crippen molar-refractivity contribution in [1.29, 1.82) is 0 Å². The molecule has 0 aliphatic carbocycles. The fraction of sp³-hybridized carbons (Fsp3) is 0.154. The van der Waals surface area contributed by atoms with Gasteiger partial charge in [-0.3, -0.25) is 0 Å². The van der Waals surface area contributed by atoms with E-state index in [1.165, 1.54) is 11.3 Å². The summed E-state index contributed by atoms with van der Waals surface area (Å²) in [4.78, 5) is 8.44. The molecule has 1 aromatic carbocycles. The first-order valence-electron chi connectivity index (χ1n) is 5.87. The topological polar surface area (TPSA) is 87.1 Å². The first-order valence-corrected chi connectivity index (χ1v) is 6.75. The third-order valence-corrected chi connectivity index (χ3v) is 3.49. The van der Waals surface area contributed by atoms with Crippen LogP contribution in [0.3, 0.4) is 0 Å². The van der Waals surface area contributed by atoms with Crippen molar-refractivity contribution in [2.75, 3.05) is 12.8 Å². The van der Waals surface area contributed by atoms with Crippen LogP contribution >= 0.6 is 11.3 Å². The molecule has 3 rings (SSSR count). The minimum atomic E-state index is 0.362. The van der Waals surface area contributed by atoms with E-state index in [0.29, 0.717) is 22.5 Å². The zero-order valence-corrected chi connectivity index (χ0v) is 11.8. The van der Waals surface area contributed by atoms with Gasteiger partial charge in [0.25, 0.3) is 5.89 Å². The Labute approximate surface area is 119 Å². The van der Waals surface area contributed by atoms with Crippen LogP contribution in [-0.4, -0.2) is 22.2 Å². The number of hydrogen-bond donors (Lipinski definition) is 1. The average Bonchev–Trinajstić information content (AvgIpc) is 3.07. The predicted octanol–water partition coefficient (Wildman–Crippen LogP) is 2.76. The van der Waals surface area contributed by atoms with Gasteiger partial charge in [0.15, 0.2) is 5.13 Å². The van der Waals surface area contributed by atoms with E-state index in [-0.39, 0.29) is 0 Å². The summed E-state index contributed by atoms with van der Waals surface area (Å²) in [6, 6.07) is 5.71. The molecular weight excluding hydrogens is 276 g/mol. The number of aryl methyl sites for hydroxylation is 1. The summed E-state index contributed by atoms with van der Waals surface area (Å²) >= 11 is 1.33. The molecule has 0 amide bonds. The van der Waals surface area contributed by atoms with Gasteiger partial charge in [0, 0.05) is 10.9 Å². The number of thiazole rings is 1. The summed E-state index contributed by atoms with van der Waals surface area (Å²) in [5.74, 6) is 1.70. The molecular formula is C13H12N4O2S. The molecule has 0 saturated heterocycles. The Morgan fingerprint density at radius 1 is 1.30 bits per heavy atom. The summed E-state index contributed by atoms with van der Waals surface area (Å²) in [5.41, 5.74) is 8.05. The quantitative estimate of drug-likeness (QED) is 0.797. The number of anilines is 1. The molecule has 0 saturated carbocycles. The van der Waals surface area contributed by atoms with Crippen molar-refractivity contribution in [1.82, 2.24) is 15.1 Å². The third kappa shape index (κ3) is 2.23. The maximum Gasteiger partial charge on any atom is 0.277 e. The van der Waals surface area contributed by atoms with Crippen LogP contribution < -0.4 is 10.5 Å². The molecule has 2 N–H and O–H groups in total. The number of hydrogen-bond acceptors (Lipinski definition) is 7. The highest BCUT2D eigenvalue weighted by atomic mass is 32.1. The van der Waals surface area contributed by atoms with E-state index in [2.05, 4.69) is 15.1 Å². The molecule has 7 heteroatoms. The predicted molar refractivity (Wildman–Crippen MR) is 76.5 cm³/mol. The molecule has 20 heavy (non-hydrogen) atoms. The van der Waals surface area contributed by atoms with Gasteiger partial charge in [0.05, 0.1) is 7.11 Å². The standard InChI is InChI=1S/C13H12N4O2S/c1-7-5-8(3-4-10(7)18-2)11-16-12(19-17-11)9-6-20-13(14)15-9/h3-6H,1-2H3,(H2,14,15). The summed E-state index contributed by atoms with van der Waals surface area (Å²) in [5, 5.41) is 6.22. The Morgan fingerprint density at radius 3 is 2.80 bits per heavy atom. The molecule has 3 aromatic rings. The third-order valence-electron chi connectivity index (χ3n) is 2.82. The lowest BCUT2D eigenvalue weighted by Gasteiger charge is -2.04. The first kappa shape index (κ1) is 12.6. The smallest absolute Gasteiger partial charge is 0.277 e. The van der Waals surface area contributed by atoms with Crippen LogP contribution in [0.25, 0.3) is 23.0 Å². The molecule has 2 heterocycles. The van der Waals surface area contributed by atoms with Crippen LogP contribution in [0, 0.1) is 6.92 Å². The van der Waals surface area contributed by atoms with Crippen molar-refractivity contribution >= 4 is 16.5 Å². The fourth-order valence-electron chi connectivity index (χ4n) is 1.85. The molecule has 0 aliphatic rings. The van der Waals surface area contributed by atoms with Gasteiger partial charge in [-0.05, 0) is 30.7 Å². The van der Waals surface area contributed by atoms with E-state index < -0.39 is 0 Å². The number of nitrogens with zero attached hydrogens (tertiary/aromatic N) is 3. The second-order valence-corrected chi connectivity index (χ2v) is 5.07. The van der Waals surface area contributed by atoms with Crippen molar-refractivity contribution in [3.63, 3.8) is 0 Å². The summed E-state index contributed by atoms with van der Waals surface area (Å²) < 4.78 is 10.4. The van der Waals surface area contributed by atoms with E-state index in [0.717, 1.165) is 16.9 Å². The Hall–Kier alpha value is -2.41. The van der Waals surface area contributed by atoms with E-state index in [4.69, 9.17) is 15.0 Å². The molecule has 6 nitrogen and oxygen atoms in total. The SMILES string of the molecule is COc1ccc(-c2noc(-c3csc(N)n3)n2)cc1C. The molecule has 2 aromatic heterocycles. The van der Waals surface area contributed by atoms with Crippen LogP contribution in [-0.2, 0) is 0 Å². The van der Waals surface area contributed by atoms with Gasteiger partial charge in [0.1, 0.15) is 11.4 Å². The van der Waals surface area contributed by atoms with Crippen LogP contribution in [0.5, 0.6) is 5.75 Å². The van der Waals surface area contributed by atoms with Gasteiger partial charge in [0.2, 0.25) is 5.82 Å². The van der Waals surface area contributed by atoms with Gasteiger partial charge in [-0.25, -0.2) is 4.98 Å². The zero-order valence-electron chi connectivity index (χ0n) is 11.0. The lowest BCUT2D eigenvalue weighted by Crippen LogP contribution is -1.88. The van der Waals surface area contributed by atoms with E-state index >= 15 is 0 Å². The van der Waals surface area contributed by atoms with Crippen molar-refractivity contribution in [2.24, 2.45) is 0 Å². The highest BCUT2D eigenvalue weighted by molar-refractivity contribution is 7.13. The fourth-order valence-corrected chi connectivity index (χ4v) is 2.39. The number of ether oxygens (including phenoxy) is 1. The molecule has 0 spiro atoms. The number of nitrogen functional groups attached to an aromatic ring is 1. The number of rotatable bonds is 3. The zero-order chi connectivity index (χ0) is 14.1. The molecule has 0 bridgehead atoms. The highest BCUT2D eigenvalue weighted by Gasteiger charge is 2.13. The van der Waals surface area contributed by atoms with Crippen LogP contribution in [0.1, 0.15) is 5.56 Å². The number of methoxy groups -OCH3 is 1. The number of benzene rings is 1. The van der Waals surface area contributed by atoms with Crippen LogP contribution in [0.2, 0.25) is 0 Å². The molecule has 0 fully saturated rings. The van der Waals surface area contributed by atoms with Crippen LogP contribution in [0.4, 0.5) is 5.13 Å². The monoisotopic (exact) mass is 288 g/mol. The minimum Gasteiger partial charge on any atom is -0.496 e. The minimum absolute atomic E-state index is 0.362. The van der Waals surface area contributed by atoms with Crippen molar-refractivity contribution in [3.8, 4) is 28.7 Å². The first-order chi connectivity index (χ1) is 9.67. The molecule has 0 aliphatic heterocycles. The van der Waals surface area contributed by atoms with Gasteiger partial charge in [-0.15, -0.1) is 11.3 Å². The lowest BCUT2D eigenvalue weighted by molar-refractivity contribution is 0.411. The van der Waals surface area contributed by atoms with Gasteiger partial charge in [-0.2, -0.15) is 4.98 Å². The average molecular weight is 288 g/mol. The summed E-state index contributed by atoms with van der Waals surface area (Å²) in [6.07, 6.45) is 0. The Balaban J connectivity index is 1.95. The number of nitrogens with two attached hydrogens (primary N) is 1. The number of aromatic nitrogens is 3. The highest BCUT2D eigenvalue weighted by Crippen LogP contribution is 2.27. The van der Waals surface area contributed by atoms with Crippen molar-refractivity contribution in [3.05, 3.63) is 29.1 Å². The van der Waals surface area contributed by atoms with E-state index in [1.807, 2.05) is 25.1 Å². The largest absolute Gasteiger partial charge is 0.496 e. The molecule has 0 radical (unpaired) electrons. The maximum absolute atomic E-state index is 5.59. The summed E-state index contributed by atoms with van der Waals surface area (Å²) in [7, 11) is 1.64. The van der Waals surface area contributed by atoms with Crippen LogP contribution in [0.15, 0.2) is 28.1 Å². The van der Waals surface area contributed by atoms with Crippen molar-refractivity contribution in [2.45, 2.75) is 6.92 Å². The second-order valence-electron chi connectivity index (χ2n) is 4.18. The Morgan fingerprint density at radius 2 is 2.15 bits per heavy atom.